The first-order valence-corrected chi connectivity index (χ1v) is 8.88. The number of hydrogen-bond donors (Lipinski definition) is 1. The highest BCUT2D eigenvalue weighted by molar-refractivity contribution is 5.68. The molecule has 0 unspecified atom stereocenters. The van der Waals surface area contributed by atoms with Gasteiger partial charge in [-0.3, -0.25) is 4.90 Å². The van der Waals surface area contributed by atoms with Gasteiger partial charge in [0.25, 0.3) is 0 Å². The Hall–Kier alpha value is -1.55. The molecule has 1 heterocycles. The van der Waals surface area contributed by atoms with Crippen LogP contribution in [0.5, 0.6) is 0 Å². The molecule has 2 atom stereocenters. The first-order chi connectivity index (χ1) is 11.1. The lowest BCUT2D eigenvalue weighted by Crippen LogP contribution is -2.51. The molecular formula is C20H32N2O2. The largest absolute Gasteiger partial charge is 0.444 e. The van der Waals surface area contributed by atoms with Crippen molar-refractivity contribution in [1.29, 1.82) is 0 Å². The molecule has 0 bridgehead atoms. The van der Waals surface area contributed by atoms with E-state index in [-0.39, 0.29) is 11.6 Å². The average Bonchev–Trinajstić information content (AvgIpc) is 2.95. The van der Waals surface area contributed by atoms with Crippen molar-refractivity contribution in [1.82, 2.24) is 10.2 Å². The van der Waals surface area contributed by atoms with Crippen LogP contribution < -0.4 is 5.32 Å². The van der Waals surface area contributed by atoms with E-state index in [1.54, 1.807) is 0 Å². The number of carbonyl (C=O) groups is 1. The Morgan fingerprint density at radius 3 is 2.42 bits per heavy atom. The number of nitrogens with one attached hydrogen (secondary N) is 1. The number of ether oxygens (including phenoxy) is 1. The van der Waals surface area contributed by atoms with Crippen LogP contribution in [-0.4, -0.2) is 35.2 Å². The zero-order chi connectivity index (χ0) is 18.0. The van der Waals surface area contributed by atoms with E-state index < -0.39 is 5.60 Å². The van der Waals surface area contributed by atoms with Gasteiger partial charge in [0.05, 0.1) is 0 Å². The predicted molar refractivity (Wildman–Crippen MR) is 98.0 cm³/mol. The highest BCUT2D eigenvalue weighted by Crippen LogP contribution is 2.32. The second-order valence-corrected chi connectivity index (χ2v) is 8.42. The lowest BCUT2D eigenvalue weighted by molar-refractivity contribution is 0.0436. The number of likely N-dealkylation sites (tertiary alicyclic amines) is 1. The average molecular weight is 332 g/mol. The molecule has 134 valence electrons. The van der Waals surface area contributed by atoms with Crippen LogP contribution in [0.25, 0.3) is 0 Å². The molecule has 4 heteroatoms. The van der Waals surface area contributed by atoms with Gasteiger partial charge >= 0.3 is 6.09 Å². The van der Waals surface area contributed by atoms with Crippen LogP contribution in [0.1, 0.15) is 59.6 Å². The summed E-state index contributed by atoms with van der Waals surface area (Å²) in [7, 11) is 0. The number of rotatable bonds is 4. The SMILES string of the molecule is C[C@H](c1ccccc1)N1CC[C@@H](C(C)(C)NC(=O)OC(C)(C)C)C1. The first kappa shape index (κ1) is 18.8. The Kier molecular flexibility index (Phi) is 5.59. The Balaban J connectivity index is 1.95. The minimum Gasteiger partial charge on any atom is -0.444 e. The Labute approximate surface area is 146 Å². The normalized spacial score (nSPS) is 20.7. The second-order valence-electron chi connectivity index (χ2n) is 8.42. The van der Waals surface area contributed by atoms with E-state index in [4.69, 9.17) is 4.74 Å². The van der Waals surface area contributed by atoms with Gasteiger partial charge in [-0.15, -0.1) is 0 Å². The molecule has 1 amide bonds. The number of hydrogen-bond acceptors (Lipinski definition) is 3. The van der Waals surface area contributed by atoms with Gasteiger partial charge in [-0.1, -0.05) is 30.3 Å². The Morgan fingerprint density at radius 2 is 1.83 bits per heavy atom. The minimum atomic E-state index is -0.469. The van der Waals surface area contributed by atoms with Crippen molar-refractivity contribution in [2.75, 3.05) is 13.1 Å². The van der Waals surface area contributed by atoms with Crippen molar-refractivity contribution in [2.45, 2.75) is 65.1 Å². The van der Waals surface area contributed by atoms with Gasteiger partial charge in [-0.25, -0.2) is 4.79 Å². The molecule has 1 aromatic rings. The predicted octanol–water partition coefficient (Wildman–Crippen LogP) is 4.37. The summed E-state index contributed by atoms with van der Waals surface area (Å²) < 4.78 is 5.41. The van der Waals surface area contributed by atoms with Gasteiger partial charge in [0.1, 0.15) is 5.60 Å². The van der Waals surface area contributed by atoms with Crippen molar-refractivity contribution in [3.8, 4) is 0 Å². The van der Waals surface area contributed by atoms with Gasteiger partial charge in [-0.05, 0) is 66.0 Å². The third kappa shape index (κ3) is 4.97. The molecule has 24 heavy (non-hydrogen) atoms. The Morgan fingerprint density at radius 1 is 1.21 bits per heavy atom. The summed E-state index contributed by atoms with van der Waals surface area (Å²) in [6.45, 7) is 14.1. The van der Waals surface area contributed by atoms with Crippen LogP contribution in [0.2, 0.25) is 0 Å². The molecule has 1 saturated heterocycles. The van der Waals surface area contributed by atoms with E-state index in [0.717, 1.165) is 19.5 Å². The summed E-state index contributed by atoms with van der Waals surface area (Å²) in [5.74, 6) is 0.413. The fourth-order valence-electron chi connectivity index (χ4n) is 3.34. The molecule has 0 aliphatic carbocycles. The highest BCUT2D eigenvalue weighted by atomic mass is 16.6. The fourth-order valence-corrected chi connectivity index (χ4v) is 3.34. The summed E-state index contributed by atoms with van der Waals surface area (Å²) in [6, 6.07) is 11.0. The highest BCUT2D eigenvalue weighted by Gasteiger charge is 2.38. The second kappa shape index (κ2) is 7.14. The molecule has 0 spiro atoms. The lowest BCUT2D eigenvalue weighted by Gasteiger charge is -2.34. The van der Waals surface area contributed by atoms with E-state index in [0.29, 0.717) is 12.0 Å². The molecule has 1 aliphatic heterocycles. The lowest BCUT2D eigenvalue weighted by atomic mass is 9.87. The maximum Gasteiger partial charge on any atom is 0.408 e. The van der Waals surface area contributed by atoms with Gasteiger partial charge < -0.3 is 10.1 Å². The monoisotopic (exact) mass is 332 g/mol. The van der Waals surface area contributed by atoms with E-state index >= 15 is 0 Å². The van der Waals surface area contributed by atoms with Crippen molar-refractivity contribution in [2.24, 2.45) is 5.92 Å². The summed E-state index contributed by atoms with van der Waals surface area (Å²) in [5, 5.41) is 3.07. The summed E-state index contributed by atoms with van der Waals surface area (Å²) >= 11 is 0. The van der Waals surface area contributed by atoms with E-state index in [9.17, 15) is 4.79 Å². The van der Waals surface area contributed by atoms with Gasteiger partial charge in [0, 0.05) is 18.1 Å². The molecule has 4 nitrogen and oxygen atoms in total. The van der Waals surface area contributed by atoms with Crippen LogP contribution in [0, 0.1) is 5.92 Å². The standard InChI is InChI=1S/C20H32N2O2/c1-15(16-10-8-7-9-11-16)22-13-12-17(14-22)20(5,6)21-18(23)24-19(2,3)4/h7-11,15,17H,12-14H2,1-6H3,(H,21,23)/t15-,17-/m1/s1. The van der Waals surface area contributed by atoms with Crippen molar-refractivity contribution in [3.05, 3.63) is 35.9 Å². The van der Waals surface area contributed by atoms with Crippen LogP contribution in [-0.2, 0) is 4.74 Å². The number of alkyl carbamates (subject to hydrolysis) is 1. The number of amides is 1. The number of carbonyl (C=O) groups excluding carboxylic acids is 1. The molecule has 1 N–H and O–H groups in total. The molecule has 1 aliphatic rings. The molecule has 1 aromatic carbocycles. The summed E-state index contributed by atoms with van der Waals surface area (Å²) in [5.41, 5.74) is 0.591. The molecule has 2 rings (SSSR count). The minimum absolute atomic E-state index is 0.284. The van der Waals surface area contributed by atoms with Crippen molar-refractivity contribution in [3.63, 3.8) is 0 Å². The topological polar surface area (TPSA) is 41.6 Å². The molecule has 0 radical (unpaired) electrons. The number of benzene rings is 1. The van der Waals surface area contributed by atoms with Crippen LogP contribution in [0.15, 0.2) is 30.3 Å². The molecule has 0 aromatic heterocycles. The molecular weight excluding hydrogens is 300 g/mol. The van der Waals surface area contributed by atoms with E-state index in [2.05, 4.69) is 61.3 Å². The molecule has 1 fully saturated rings. The zero-order valence-electron chi connectivity index (χ0n) is 15.9. The molecule has 0 saturated carbocycles. The quantitative estimate of drug-likeness (QED) is 0.890. The van der Waals surface area contributed by atoms with Gasteiger partial charge in [0.2, 0.25) is 0 Å². The van der Waals surface area contributed by atoms with Crippen LogP contribution in [0.3, 0.4) is 0 Å². The van der Waals surface area contributed by atoms with Gasteiger partial charge in [-0.2, -0.15) is 0 Å². The summed E-state index contributed by atoms with van der Waals surface area (Å²) in [6.07, 6.45) is 0.752. The Bertz CT molecular complexity index is 549. The first-order valence-electron chi connectivity index (χ1n) is 8.88. The van der Waals surface area contributed by atoms with Crippen LogP contribution in [0.4, 0.5) is 4.79 Å². The summed E-state index contributed by atoms with van der Waals surface area (Å²) in [4.78, 5) is 14.6. The van der Waals surface area contributed by atoms with Crippen LogP contribution >= 0.6 is 0 Å². The fraction of sp³-hybridized carbons (Fsp3) is 0.650. The smallest absolute Gasteiger partial charge is 0.408 e. The maximum atomic E-state index is 12.1. The van der Waals surface area contributed by atoms with Gasteiger partial charge in [0.15, 0.2) is 0 Å². The van der Waals surface area contributed by atoms with E-state index in [1.165, 1.54) is 5.56 Å². The van der Waals surface area contributed by atoms with E-state index in [1.807, 2.05) is 20.8 Å². The van der Waals surface area contributed by atoms with Crippen molar-refractivity contribution >= 4 is 6.09 Å². The third-order valence-corrected chi connectivity index (χ3v) is 4.89. The zero-order valence-corrected chi connectivity index (χ0v) is 15.9. The number of nitrogens with zero attached hydrogens (tertiary/aromatic N) is 1. The van der Waals surface area contributed by atoms with Crippen molar-refractivity contribution < 1.29 is 9.53 Å². The third-order valence-electron chi connectivity index (χ3n) is 4.89. The maximum absolute atomic E-state index is 12.1.